The van der Waals surface area contributed by atoms with Crippen LogP contribution in [0.5, 0.6) is 0 Å². The Morgan fingerprint density at radius 2 is 2.33 bits per heavy atom. The minimum atomic E-state index is 0.458. The summed E-state index contributed by atoms with van der Waals surface area (Å²) in [6.07, 6.45) is 2.37. The number of halogens is 1. The Morgan fingerprint density at radius 3 is 3.00 bits per heavy atom. The standard InChI is InChI=1S/C12H11ClN4S/c13-11-2-1-10(18-11)3-4-16-12-8(6-14)5-9(15)7-17-12/h1-2,5,7H,3-4,15H2,(H,16,17). The van der Waals surface area contributed by atoms with Gasteiger partial charge in [0.05, 0.1) is 21.8 Å². The number of pyridine rings is 1. The maximum atomic E-state index is 8.96. The molecule has 0 bridgehead atoms. The summed E-state index contributed by atoms with van der Waals surface area (Å²) in [6.45, 7) is 0.697. The average Bonchev–Trinajstić information content (AvgIpc) is 2.77. The van der Waals surface area contributed by atoms with Gasteiger partial charge in [-0.25, -0.2) is 4.98 Å². The molecule has 0 saturated heterocycles. The SMILES string of the molecule is N#Cc1cc(N)cnc1NCCc1ccc(Cl)s1. The Balaban J connectivity index is 1.96. The quantitative estimate of drug-likeness (QED) is 0.902. The van der Waals surface area contributed by atoms with Crippen molar-refractivity contribution in [2.45, 2.75) is 6.42 Å². The zero-order chi connectivity index (χ0) is 13.0. The van der Waals surface area contributed by atoms with Crippen LogP contribution in [0.2, 0.25) is 4.34 Å². The van der Waals surface area contributed by atoms with Crippen molar-refractivity contribution in [1.82, 2.24) is 4.98 Å². The number of nitrogens with two attached hydrogens (primary N) is 1. The second-order valence-electron chi connectivity index (χ2n) is 3.66. The second-order valence-corrected chi connectivity index (χ2v) is 5.46. The molecule has 2 rings (SSSR count). The minimum absolute atomic E-state index is 0.458. The van der Waals surface area contributed by atoms with Gasteiger partial charge in [-0.2, -0.15) is 5.26 Å². The first kappa shape index (κ1) is 12.7. The van der Waals surface area contributed by atoms with E-state index in [-0.39, 0.29) is 0 Å². The Morgan fingerprint density at radius 1 is 1.50 bits per heavy atom. The first-order valence-electron chi connectivity index (χ1n) is 5.33. The van der Waals surface area contributed by atoms with Crippen LogP contribution < -0.4 is 11.1 Å². The average molecular weight is 279 g/mol. The van der Waals surface area contributed by atoms with Gasteiger partial charge in [0.15, 0.2) is 0 Å². The predicted octanol–water partition coefficient (Wildman–Crippen LogP) is 2.90. The van der Waals surface area contributed by atoms with Crippen LogP contribution >= 0.6 is 22.9 Å². The van der Waals surface area contributed by atoms with Crippen LogP contribution in [0.1, 0.15) is 10.4 Å². The van der Waals surface area contributed by atoms with E-state index in [0.29, 0.717) is 23.6 Å². The minimum Gasteiger partial charge on any atom is -0.397 e. The van der Waals surface area contributed by atoms with Crippen LogP contribution in [0.3, 0.4) is 0 Å². The molecule has 0 aliphatic carbocycles. The van der Waals surface area contributed by atoms with Crippen molar-refractivity contribution in [1.29, 1.82) is 5.26 Å². The third-order valence-corrected chi connectivity index (χ3v) is 3.61. The number of hydrogen-bond acceptors (Lipinski definition) is 5. The largest absolute Gasteiger partial charge is 0.397 e. The zero-order valence-corrected chi connectivity index (χ0v) is 11.1. The number of nitrogens with zero attached hydrogens (tertiary/aromatic N) is 2. The van der Waals surface area contributed by atoms with Gasteiger partial charge in [0, 0.05) is 11.4 Å². The smallest absolute Gasteiger partial charge is 0.144 e. The number of nitrogen functional groups attached to an aromatic ring is 1. The first-order chi connectivity index (χ1) is 8.69. The number of nitrogens with one attached hydrogen (secondary N) is 1. The summed E-state index contributed by atoms with van der Waals surface area (Å²) >= 11 is 7.41. The molecule has 18 heavy (non-hydrogen) atoms. The van der Waals surface area contributed by atoms with Crippen molar-refractivity contribution >= 4 is 34.4 Å². The van der Waals surface area contributed by atoms with Gasteiger partial charge in [-0.1, -0.05) is 11.6 Å². The van der Waals surface area contributed by atoms with E-state index in [9.17, 15) is 0 Å². The molecule has 0 spiro atoms. The summed E-state index contributed by atoms with van der Waals surface area (Å²) in [4.78, 5) is 5.30. The third kappa shape index (κ3) is 3.13. The molecule has 92 valence electrons. The number of nitriles is 1. The van der Waals surface area contributed by atoms with E-state index in [1.54, 1.807) is 17.4 Å². The van der Waals surface area contributed by atoms with E-state index in [1.807, 2.05) is 12.1 Å². The van der Waals surface area contributed by atoms with Crippen LogP contribution in [0.4, 0.5) is 11.5 Å². The molecule has 2 aromatic rings. The van der Waals surface area contributed by atoms with Gasteiger partial charge in [-0.05, 0) is 24.6 Å². The highest BCUT2D eigenvalue weighted by molar-refractivity contribution is 7.16. The van der Waals surface area contributed by atoms with Gasteiger partial charge in [0.25, 0.3) is 0 Å². The second kappa shape index (κ2) is 5.71. The van der Waals surface area contributed by atoms with Crippen LogP contribution in [0.15, 0.2) is 24.4 Å². The molecule has 0 aliphatic heterocycles. The summed E-state index contributed by atoms with van der Waals surface area (Å²) in [5.74, 6) is 0.564. The van der Waals surface area contributed by atoms with Crippen molar-refractivity contribution in [2.24, 2.45) is 0 Å². The molecule has 6 heteroatoms. The normalized spacial score (nSPS) is 10.0. The van der Waals surface area contributed by atoms with E-state index < -0.39 is 0 Å². The maximum absolute atomic E-state index is 8.96. The van der Waals surface area contributed by atoms with Crippen molar-refractivity contribution in [2.75, 3.05) is 17.6 Å². The predicted molar refractivity (Wildman–Crippen MR) is 74.9 cm³/mol. The van der Waals surface area contributed by atoms with Gasteiger partial charge in [0.2, 0.25) is 0 Å². The van der Waals surface area contributed by atoms with Crippen LogP contribution in [0.25, 0.3) is 0 Å². The summed E-state index contributed by atoms with van der Waals surface area (Å²) < 4.78 is 0.785. The first-order valence-corrected chi connectivity index (χ1v) is 6.52. The fraction of sp³-hybridized carbons (Fsp3) is 0.167. The molecule has 0 aliphatic rings. The number of aromatic nitrogens is 1. The number of hydrogen-bond donors (Lipinski definition) is 2. The molecule has 0 radical (unpaired) electrons. The van der Waals surface area contributed by atoms with Gasteiger partial charge in [-0.3, -0.25) is 0 Å². The van der Waals surface area contributed by atoms with E-state index in [2.05, 4.69) is 16.4 Å². The molecule has 0 aromatic carbocycles. The van der Waals surface area contributed by atoms with Crippen LogP contribution in [-0.4, -0.2) is 11.5 Å². The van der Waals surface area contributed by atoms with Gasteiger partial charge in [0.1, 0.15) is 11.9 Å². The molecular formula is C12H11ClN4S. The molecular weight excluding hydrogens is 268 g/mol. The van der Waals surface area contributed by atoms with Crippen molar-refractivity contribution in [3.8, 4) is 6.07 Å². The lowest BCUT2D eigenvalue weighted by atomic mass is 10.2. The molecule has 3 N–H and O–H groups in total. The summed E-state index contributed by atoms with van der Waals surface area (Å²) in [7, 11) is 0. The molecule has 0 amide bonds. The Bertz CT molecular complexity index is 588. The van der Waals surface area contributed by atoms with Crippen LogP contribution in [-0.2, 0) is 6.42 Å². The molecule has 2 aromatic heterocycles. The highest BCUT2D eigenvalue weighted by Crippen LogP contribution is 2.22. The molecule has 0 unspecified atom stereocenters. The Kier molecular flexibility index (Phi) is 4.03. The fourth-order valence-corrected chi connectivity index (χ4v) is 2.58. The van der Waals surface area contributed by atoms with E-state index >= 15 is 0 Å². The molecule has 0 saturated carbocycles. The molecule has 2 heterocycles. The Labute approximate surface area is 114 Å². The number of thiophene rings is 1. The molecule has 4 nitrogen and oxygen atoms in total. The van der Waals surface area contributed by atoms with Gasteiger partial charge >= 0.3 is 0 Å². The van der Waals surface area contributed by atoms with E-state index in [0.717, 1.165) is 10.8 Å². The zero-order valence-electron chi connectivity index (χ0n) is 9.48. The fourth-order valence-electron chi connectivity index (χ4n) is 1.50. The van der Waals surface area contributed by atoms with Gasteiger partial charge < -0.3 is 11.1 Å². The topological polar surface area (TPSA) is 74.7 Å². The maximum Gasteiger partial charge on any atom is 0.144 e. The number of rotatable bonds is 4. The number of anilines is 2. The lowest BCUT2D eigenvalue weighted by molar-refractivity contribution is 1.03. The highest BCUT2D eigenvalue weighted by Gasteiger charge is 2.04. The summed E-state index contributed by atoms with van der Waals surface area (Å²) in [5.41, 5.74) is 6.52. The summed E-state index contributed by atoms with van der Waals surface area (Å²) in [5, 5.41) is 12.1. The van der Waals surface area contributed by atoms with Crippen molar-refractivity contribution in [3.63, 3.8) is 0 Å². The molecule has 0 atom stereocenters. The third-order valence-electron chi connectivity index (χ3n) is 2.32. The van der Waals surface area contributed by atoms with E-state index in [4.69, 9.17) is 22.6 Å². The van der Waals surface area contributed by atoms with Gasteiger partial charge in [-0.15, -0.1) is 11.3 Å². The summed E-state index contributed by atoms with van der Waals surface area (Å²) in [6, 6.07) is 7.55. The van der Waals surface area contributed by atoms with Crippen molar-refractivity contribution < 1.29 is 0 Å². The lowest BCUT2D eigenvalue weighted by Crippen LogP contribution is -2.07. The Hall–Kier alpha value is -1.77. The lowest BCUT2D eigenvalue weighted by Gasteiger charge is -2.06. The van der Waals surface area contributed by atoms with Crippen molar-refractivity contribution in [3.05, 3.63) is 39.2 Å². The highest BCUT2D eigenvalue weighted by atomic mass is 35.5. The molecule has 0 fully saturated rings. The van der Waals surface area contributed by atoms with E-state index in [1.165, 1.54) is 11.1 Å². The van der Waals surface area contributed by atoms with Crippen LogP contribution in [0, 0.1) is 11.3 Å². The monoisotopic (exact) mass is 278 g/mol.